The van der Waals surface area contributed by atoms with E-state index in [1.54, 1.807) is 6.07 Å². The summed E-state index contributed by atoms with van der Waals surface area (Å²) in [6, 6.07) is 5.22. The third-order valence-corrected chi connectivity index (χ3v) is 4.05. The van der Waals surface area contributed by atoms with Crippen molar-refractivity contribution in [3.63, 3.8) is 0 Å². The van der Waals surface area contributed by atoms with Crippen molar-refractivity contribution < 1.29 is 27.1 Å². The summed E-state index contributed by atoms with van der Waals surface area (Å²) in [5.41, 5.74) is -0.195. The molecule has 0 unspecified atom stereocenters. The maximum absolute atomic E-state index is 12.9. The number of hydrogen-bond donors (Lipinski definition) is 0. The van der Waals surface area contributed by atoms with Crippen LogP contribution in [0.1, 0.15) is 21.9 Å². The molecule has 0 amide bonds. The molecule has 2 heterocycles. The van der Waals surface area contributed by atoms with Gasteiger partial charge in [0.1, 0.15) is 22.7 Å². The molecule has 0 N–H and O–H groups in total. The fourth-order valence-corrected chi connectivity index (χ4v) is 2.77. The number of alkyl halides is 4. The van der Waals surface area contributed by atoms with Gasteiger partial charge in [0.2, 0.25) is 5.89 Å². The SMILES string of the molecule is COc1ccc(-c2nc(CBr)c(C=O)o2)c2ccc(C(F)(F)F)nc12. The molecule has 0 aliphatic heterocycles. The van der Waals surface area contributed by atoms with Crippen molar-refractivity contribution in [2.24, 2.45) is 0 Å². The van der Waals surface area contributed by atoms with E-state index in [4.69, 9.17) is 9.15 Å². The molecule has 0 aliphatic carbocycles. The van der Waals surface area contributed by atoms with E-state index in [0.717, 1.165) is 6.07 Å². The molecular weight excluding hydrogens is 405 g/mol. The molecule has 0 radical (unpaired) electrons. The number of ether oxygens (including phenoxy) is 1. The zero-order valence-electron chi connectivity index (χ0n) is 12.7. The summed E-state index contributed by atoms with van der Waals surface area (Å²) in [4.78, 5) is 18.9. The number of aldehydes is 1. The first-order valence-corrected chi connectivity index (χ1v) is 8.07. The molecule has 0 atom stereocenters. The molecule has 1 aromatic carbocycles. The normalized spacial score (nSPS) is 11.7. The summed E-state index contributed by atoms with van der Waals surface area (Å²) in [6.45, 7) is 0. The predicted octanol–water partition coefficient (Wildman–Crippen LogP) is 4.62. The van der Waals surface area contributed by atoms with Gasteiger partial charge in [0.15, 0.2) is 12.0 Å². The Balaban J connectivity index is 2.27. The molecule has 9 heteroatoms. The van der Waals surface area contributed by atoms with Gasteiger partial charge in [-0.3, -0.25) is 4.79 Å². The van der Waals surface area contributed by atoms with Crippen molar-refractivity contribution in [1.82, 2.24) is 9.97 Å². The fourth-order valence-electron chi connectivity index (χ4n) is 2.37. The Morgan fingerprint density at radius 3 is 2.56 bits per heavy atom. The topological polar surface area (TPSA) is 65.2 Å². The maximum atomic E-state index is 12.9. The summed E-state index contributed by atoms with van der Waals surface area (Å²) < 4.78 is 49.4. The van der Waals surface area contributed by atoms with Crippen molar-refractivity contribution in [2.45, 2.75) is 11.5 Å². The van der Waals surface area contributed by atoms with E-state index in [-0.39, 0.29) is 22.9 Å². The van der Waals surface area contributed by atoms with Crippen LogP contribution in [-0.2, 0) is 11.5 Å². The third-order valence-electron chi connectivity index (χ3n) is 3.52. The largest absolute Gasteiger partial charge is 0.494 e. The highest BCUT2D eigenvalue weighted by atomic mass is 79.9. The van der Waals surface area contributed by atoms with Crippen LogP contribution >= 0.6 is 15.9 Å². The summed E-state index contributed by atoms with van der Waals surface area (Å²) in [5.74, 6) is 0.356. The molecule has 25 heavy (non-hydrogen) atoms. The first-order chi connectivity index (χ1) is 11.9. The van der Waals surface area contributed by atoms with Crippen LogP contribution in [0, 0.1) is 0 Å². The van der Waals surface area contributed by atoms with Gasteiger partial charge in [0.05, 0.1) is 7.11 Å². The lowest BCUT2D eigenvalue weighted by atomic mass is 10.1. The average Bonchev–Trinajstić information content (AvgIpc) is 3.02. The summed E-state index contributed by atoms with van der Waals surface area (Å²) in [6.07, 6.45) is -4.05. The Hall–Kier alpha value is -2.42. The van der Waals surface area contributed by atoms with E-state index >= 15 is 0 Å². The highest BCUT2D eigenvalue weighted by Gasteiger charge is 2.33. The van der Waals surface area contributed by atoms with Gasteiger partial charge in [-0.1, -0.05) is 15.9 Å². The molecule has 130 valence electrons. The van der Waals surface area contributed by atoms with E-state index in [0.29, 0.717) is 28.3 Å². The molecule has 0 aliphatic rings. The van der Waals surface area contributed by atoms with Crippen LogP contribution in [0.4, 0.5) is 13.2 Å². The number of carbonyl (C=O) groups is 1. The smallest absolute Gasteiger partial charge is 0.433 e. The third kappa shape index (κ3) is 3.11. The minimum absolute atomic E-state index is 0.0288. The van der Waals surface area contributed by atoms with Crippen LogP contribution in [0.2, 0.25) is 0 Å². The Kier molecular flexibility index (Phi) is 4.51. The fraction of sp³-hybridized carbons (Fsp3) is 0.188. The lowest BCUT2D eigenvalue weighted by Crippen LogP contribution is -2.08. The second-order valence-electron chi connectivity index (χ2n) is 4.99. The lowest BCUT2D eigenvalue weighted by molar-refractivity contribution is -0.140. The Morgan fingerprint density at radius 2 is 2.00 bits per heavy atom. The van der Waals surface area contributed by atoms with Gasteiger partial charge in [-0.2, -0.15) is 13.2 Å². The van der Waals surface area contributed by atoms with Gasteiger partial charge < -0.3 is 9.15 Å². The van der Waals surface area contributed by atoms with Gasteiger partial charge in [0.25, 0.3) is 0 Å². The number of halogens is 4. The molecular formula is C16H10BrF3N2O3. The second-order valence-corrected chi connectivity index (χ2v) is 5.55. The van der Waals surface area contributed by atoms with Crippen molar-refractivity contribution in [2.75, 3.05) is 7.11 Å². The Morgan fingerprint density at radius 1 is 1.24 bits per heavy atom. The lowest BCUT2D eigenvalue weighted by Gasteiger charge is -2.11. The van der Waals surface area contributed by atoms with E-state index in [1.807, 2.05) is 0 Å². The van der Waals surface area contributed by atoms with Gasteiger partial charge in [0, 0.05) is 16.3 Å². The number of rotatable bonds is 4. The number of oxazole rings is 1. The highest BCUT2D eigenvalue weighted by Crippen LogP contribution is 2.36. The van der Waals surface area contributed by atoms with Crippen LogP contribution in [0.15, 0.2) is 28.7 Å². The van der Waals surface area contributed by atoms with Crippen molar-refractivity contribution in [3.8, 4) is 17.2 Å². The van der Waals surface area contributed by atoms with Crippen molar-refractivity contribution in [1.29, 1.82) is 0 Å². The van der Waals surface area contributed by atoms with E-state index in [9.17, 15) is 18.0 Å². The monoisotopic (exact) mass is 414 g/mol. The number of hydrogen-bond acceptors (Lipinski definition) is 5. The number of aromatic nitrogens is 2. The van der Waals surface area contributed by atoms with Crippen LogP contribution in [0.25, 0.3) is 22.4 Å². The number of carbonyl (C=O) groups excluding carboxylic acids is 1. The van der Waals surface area contributed by atoms with Crippen molar-refractivity contribution >= 4 is 33.1 Å². The summed E-state index contributed by atoms with van der Waals surface area (Å²) in [7, 11) is 1.34. The number of pyridine rings is 1. The number of nitrogens with zero attached hydrogens (tertiary/aromatic N) is 2. The quantitative estimate of drug-likeness (QED) is 0.460. The standard InChI is InChI=1S/C16H10BrF3N2O3/c1-24-11-4-2-9(15-21-10(6-17)12(7-23)25-15)8-3-5-13(16(18,19)20)22-14(8)11/h2-5,7H,6H2,1H3. The molecule has 0 saturated carbocycles. The second kappa shape index (κ2) is 6.47. The summed E-state index contributed by atoms with van der Waals surface area (Å²) in [5, 5.41) is 0.668. The number of methoxy groups -OCH3 is 1. The molecule has 3 rings (SSSR count). The van der Waals surface area contributed by atoms with Gasteiger partial charge >= 0.3 is 6.18 Å². The van der Waals surface area contributed by atoms with Gasteiger partial charge in [-0.25, -0.2) is 9.97 Å². The Bertz CT molecular complexity index is 954. The molecule has 5 nitrogen and oxygen atoms in total. The number of fused-ring (bicyclic) bond motifs is 1. The maximum Gasteiger partial charge on any atom is 0.433 e. The summed E-state index contributed by atoms with van der Waals surface area (Å²) >= 11 is 3.20. The molecule has 0 bridgehead atoms. The van der Waals surface area contributed by atoms with E-state index < -0.39 is 11.9 Å². The first kappa shape index (κ1) is 17.4. The Labute approximate surface area is 148 Å². The average molecular weight is 415 g/mol. The van der Waals surface area contributed by atoms with Crippen molar-refractivity contribution in [3.05, 3.63) is 41.4 Å². The minimum Gasteiger partial charge on any atom is -0.494 e. The van der Waals surface area contributed by atoms with E-state index in [2.05, 4.69) is 25.9 Å². The molecule has 2 aromatic heterocycles. The van der Waals surface area contributed by atoms with Gasteiger partial charge in [-0.15, -0.1) is 0 Å². The minimum atomic E-state index is -4.58. The molecule has 3 aromatic rings. The molecule has 0 fully saturated rings. The first-order valence-electron chi connectivity index (χ1n) is 6.95. The highest BCUT2D eigenvalue weighted by molar-refractivity contribution is 9.08. The van der Waals surface area contributed by atoms with Crippen LogP contribution in [0.3, 0.4) is 0 Å². The van der Waals surface area contributed by atoms with Crippen LogP contribution in [-0.4, -0.2) is 23.4 Å². The van der Waals surface area contributed by atoms with E-state index in [1.165, 1.54) is 19.2 Å². The van der Waals surface area contributed by atoms with Gasteiger partial charge in [-0.05, 0) is 24.3 Å². The zero-order chi connectivity index (χ0) is 18.2. The molecule has 0 saturated heterocycles. The zero-order valence-corrected chi connectivity index (χ0v) is 14.3. The predicted molar refractivity (Wildman–Crippen MR) is 86.8 cm³/mol. The number of benzene rings is 1. The van der Waals surface area contributed by atoms with Crippen LogP contribution < -0.4 is 4.74 Å². The molecule has 0 spiro atoms. The van der Waals surface area contributed by atoms with Crippen LogP contribution in [0.5, 0.6) is 5.75 Å².